The molecule has 224 valence electrons. The molecular formula is C36H34N8O. The van der Waals surface area contributed by atoms with E-state index in [9.17, 15) is 0 Å². The molecule has 0 saturated carbocycles. The molecule has 6 aromatic rings. The Labute approximate surface area is 260 Å². The fraction of sp³-hybridized carbons (Fsp3) is 0.222. The summed E-state index contributed by atoms with van der Waals surface area (Å²) in [4.78, 5) is 20.7. The first-order valence-corrected chi connectivity index (χ1v) is 15.6. The standard InChI is InChI=1S/C36H34N8O/c37-33(43-17-1-2-18-43)25-9-15-29-31(21-25)41-35(39-29)23-5-11-27(12-6-23)45-28-13-7-24(8-14-28)36-40-30-16-10-26(22-32(30)42-36)34(38)44-19-3-4-20-44/h5-16,21-22,37-38H,1-4,17-20H2,(H,39,41)(H,40,42). The van der Waals surface area contributed by atoms with Crippen LogP contribution >= 0.6 is 0 Å². The average Bonchev–Trinajstić information content (AvgIpc) is 3.90. The Morgan fingerprint density at radius 1 is 0.556 bits per heavy atom. The van der Waals surface area contributed by atoms with Gasteiger partial charge in [-0.2, -0.15) is 0 Å². The van der Waals surface area contributed by atoms with Gasteiger partial charge in [0.2, 0.25) is 0 Å². The van der Waals surface area contributed by atoms with Crippen molar-refractivity contribution in [3.8, 4) is 34.3 Å². The molecule has 8 rings (SSSR count). The Kier molecular flexibility index (Phi) is 6.78. The smallest absolute Gasteiger partial charge is 0.138 e. The number of imidazole rings is 2. The van der Waals surface area contributed by atoms with Crippen molar-refractivity contribution < 1.29 is 4.74 Å². The molecule has 2 fully saturated rings. The van der Waals surface area contributed by atoms with Gasteiger partial charge in [-0.1, -0.05) is 0 Å². The second kappa shape index (κ2) is 11.2. The zero-order valence-electron chi connectivity index (χ0n) is 24.9. The van der Waals surface area contributed by atoms with Gasteiger partial charge >= 0.3 is 0 Å². The van der Waals surface area contributed by atoms with E-state index in [1.165, 1.54) is 0 Å². The molecule has 4 heterocycles. The minimum Gasteiger partial charge on any atom is -0.457 e. The highest BCUT2D eigenvalue weighted by Gasteiger charge is 2.19. The lowest BCUT2D eigenvalue weighted by Gasteiger charge is -2.18. The normalized spacial score (nSPS) is 14.9. The van der Waals surface area contributed by atoms with Crippen LogP contribution in [0.25, 0.3) is 44.8 Å². The Balaban J connectivity index is 0.944. The molecule has 2 saturated heterocycles. The van der Waals surface area contributed by atoms with E-state index in [1.807, 2.05) is 84.9 Å². The van der Waals surface area contributed by atoms with E-state index in [2.05, 4.69) is 19.8 Å². The molecule has 0 spiro atoms. The number of amidine groups is 2. The molecule has 0 radical (unpaired) electrons. The molecule has 9 heteroatoms. The minimum atomic E-state index is 0.579. The number of likely N-dealkylation sites (tertiary alicyclic amines) is 2. The van der Waals surface area contributed by atoms with Gasteiger partial charge in [0.05, 0.1) is 22.1 Å². The first-order chi connectivity index (χ1) is 22.1. The second-order valence-electron chi connectivity index (χ2n) is 11.9. The first kappa shape index (κ1) is 27.1. The maximum Gasteiger partial charge on any atom is 0.138 e. The van der Waals surface area contributed by atoms with Crippen molar-refractivity contribution in [1.29, 1.82) is 10.8 Å². The summed E-state index contributed by atoms with van der Waals surface area (Å²) in [6.45, 7) is 3.82. The van der Waals surface area contributed by atoms with Crippen LogP contribution in [0.5, 0.6) is 11.5 Å². The summed E-state index contributed by atoms with van der Waals surface area (Å²) in [5.41, 5.74) is 7.37. The number of nitrogens with one attached hydrogen (secondary N) is 4. The third-order valence-electron chi connectivity index (χ3n) is 8.85. The highest BCUT2D eigenvalue weighted by Crippen LogP contribution is 2.29. The molecule has 9 nitrogen and oxygen atoms in total. The fourth-order valence-corrected chi connectivity index (χ4v) is 6.32. The minimum absolute atomic E-state index is 0.579. The predicted octanol–water partition coefficient (Wildman–Crippen LogP) is 7.41. The van der Waals surface area contributed by atoms with Crippen molar-refractivity contribution in [3.05, 3.63) is 96.1 Å². The topological polar surface area (TPSA) is 121 Å². The molecule has 4 aromatic carbocycles. The van der Waals surface area contributed by atoms with Gasteiger partial charge in [0.1, 0.15) is 34.8 Å². The monoisotopic (exact) mass is 594 g/mol. The number of hydrogen-bond donors (Lipinski definition) is 4. The van der Waals surface area contributed by atoms with E-state index in [4.69, 9.17) is 25.5 Å². The van der Waals surface area contributed by atoms with Crippen molar-refractivity contribution in [2.24, 2.45) is 0 Å². The van der Waals surface area contributed by atoms with Crippen LogP contribution in [0.2, 0.25) is 0 Å². The van der Waals surface area contributed by atoms with Crippen LogP contribution in [0.15, 0.2) is 84.9 Å². The van der Waals surface area contributed by atoms with Gasteiger partial charge in [-0.25, -0.2) is 9.97 Å². The van der Waals surface area contributed by atoms with Crippen LogP contribution in [0.3, 0.4) is 0 Å². The Morgan fingerprint density at radius 3 is 1.36 bits per heavy atom. The van der Waals surface area contributed by atoms with Crippen molar-refractivity contribution in [3.63, 3.8) is 0 Å². The summed E-state index contributed by atoms with van der Waals surface area (Å²) in [6.07, 6.45) is 4.61. The summed E-state index contributed by atoms with van der Waals surface area (Å²) in [5, 5.41) is 17.1. The lowest BCUT2D eigenvalue weighted by atomic mass is 10.1. The van der Waals surface area contributed by atoms with Crippen molar-refractivity contribution in [1.82, 2.24) is 29.7 Å². The van der Waals surface area contributed by atoms with Gasteiger partial charge in [0.15, 0.2) is 0 Å². The molecule has 2 aromatic heterocycles. The van der Waals surface area contributed by atoms with Gasteiger partial charge in [-0.3, -0.25) is 10.8 Å². The van der Waals surface area contributed by atoms with Gasteiger partial charge in [-0.15, -0.1) is 0 Å². The summed E-state index contributed by atoms with van der Waals surface area (Å²) in [7, 11) is 0. The molecule has 0 amide bonds. The van der Waals surface area contributed by atoms with Gasteiger partial charge in [0.25, 0.3) is 0 Å². The van der Waals surface area contributed by atoms with Crippen molar-refractivity contribution in [2.75, 3.05) is 26.2 Å². The maximum atomic E-state index is 8.57. The number of hydrogen-bond acceptors (Lipinski definition) is 5. The zero-order chi connectivity index (χ0) is 30.3. The van der Waals surface area contributed by atoms with Crippen molar-refractivity contribution in [2.45, 2.75) is 25.7 Å². The quantitative estimate of drug-likeness (QED) is 0.118. The largest absolute Gasteiger partial charge is 0.457 e. The van der Waals surface area contributed by atoms with Crippen LogP contribution in [0, 0.1) is 10.8 Å². The van der Waals surface area contributed by atoms with Gasteiger partial charge < -0.3 is 24.5 Å². The molecule has 4 N–H and O–H groups in total. The highest BCUT2D eigenvalue weighted by atomic mass is 16.5. The summed E-state index contributed by atoms with van der Waals surface area (Å²) >= 11 is 0. The Bertz CT molecular complexity index is 1880. The number of fused-ring (bicyclic) bond motifs is 2. The van der Waals surface area contributed by atoms with Crippen LogP contribution in [0.4, 0.5) is 0 Å². The van der Waals surface area contributed by atoms with E-state index in [1.54, 1.807) is 0 Å². The number of nitrogens with zero attached hydrogens (tertiary/aromatic N) is 4. The molecule has 45 heavy (non-hydrogen) atoms. The molecule has 0 bridgehead atoms. The van der Waals surface area contributed by atoms with Gasteiger partial charge in [-0.05, 0) is 111 Å². The number of benzene rings is 4. The molecule has 0 atom stereocenters. The van der Waals surface area contributed by atoms with Crippen LogP contribution in [-0.2, 0) is 0 Å². The number of aromatic nitrogens is 4. The van der Waals surface area contributed by atoms with Crippen LogP contribution in [-0.4, -0.2) is 67.6 Å². The summed E-state index contributed by atoms with van der Waals surface area (Å²) in [5.74, 6) is 4.21. The predicted molar refractivity (Wildman–Crippen MR) is 178 cm³/mol. The van der Waals surface area contributed by atoms with Crippen molar-refractivity contribution >= 4 is 33.7 Å². The SMILES string of the molecule is N=C(c1ccc2[nH]c(-c3ccc(Oc4ccc(-c5nc6cc(C(=N)N7CCCC7)ccc6[nH]5)cc4)cc3)nc2c1)N1CCCC1. The Morgan fingerprint density at radius 2 is 0.956 bits per heavy atom. The Hall–Kier alpha value is -5.44. The number of aromatic amines is 2. The van der Waals surface area contributed by atoms with Crippen LogP contribution < -0.4 is 4.74 Å². The van der Waals surface area contributed by atoms with E-state index in [-0.39, 0.29) is 0 Å². The molecule has 0 aliphatic carbocycles. The van der Waals surface area contributed by atoms with E-state index < -0.39 is 0 Å². The van der Waals surface area contributed by atoms with Crippen LogP contribution in [0.1, 0.15) is 36.8 Å². The lowest BCUT2D eigenvalue weighted by molar-refractivity contribution is 0.483. The fourth-order valence-electron chi connectivity index (χ4n) is 6.32. The zero-order valence-corrected chi connectivity index (χ0v) is 24.9. The lowest BCUT2D eigenvalue weighted by Crippen LogP contribution is -2.27. The summed E-state index contributed by atoms with van der Waals surface area (Å²) < 4.78 is 6.14. The number of rotatable bonds is 6. The van der Waals surface area contributed by atoms with E-state index in [0.717, 1.165) is 119 Å². The summed E-state index contributed by atoms with van der Waals surface area (Å²) in [6, 6.07) is 27.8. The molecule has 2 aliphatic rings. The number of ether oxygens (including phenoxy) is 1. The second-order valence-corrected chi connectivity index (χ2v) is 11.9. The van der Waals surface area contributed by atoms with E-state index in [0.29, 0.717) is 11.7 Å². The maximum absolute atomic E-state index is 8.57. The average molecular weight is 595 g/mol. The molecule has 0 unspecified atom stereocenters. The highest BCUT2D eigenvalue weighted by molar-refractivity contribution is 6.00. The third-order valence-corrected chi connectivity index (χ3v) is 8.85. The third kappa shape index (κ3) is 5.31. The first-order valence-electron chi connectivity index (χ1n) is 15.6. The molecule has 2 aliphatic heterocycles. The van der Waals surface area contributed by atoms with E-state index >= 15 is 0 Å². The number of H-pyrrole nitrogens is 2. The van der Waals surface area contributed by atoms with Gasteiger partial charge in [0, 0.05) is 48.4 Å². The molecular weight excluding hydrogens is 560 g/mol.